The van der Waals surface area contributed by atoms with Gasteiger partial charge in [-0.15, -0.1) is 0 Å². The standard InChI is InChI=1S/C13H17N3O4S/c14-6-11-5-12(21)7-15(11)13(17)20-8-9-1-3-10(4-2-9)16(18)19/h1-4,11-12,21H,5-8,14H2/t11-,12-/m0/s1. The van der Waals surface area contributed by atoms with Crippen molar-refractivity contribution in [1.82, 2.24) is 4.90 Å². The molecule has 1 aliphatic heterocycles. The number of likely N-dealkylation sites (tertiary alicyclic amines) is 1. The van der Waals surface area contributed by atoms with Gasteiger partial charge in [0.15, 0.2) is 0 Å². The van der Waals surface area contributed by atoms with Gasteiger partial charge in [-0.05, 0) is 24.1 Å². The predicted octanol–water partition coefficient (Wildman–Crippen LogP) is 1.56. The van der Waals surface area contributed by atoms with Crippen molar-refractivity contribution in [3.8, 4) is 0 Å². The van der Waals surface area contributed by atoms with E-state index in [1.807, 2.05) is 0 Å². The molecule has 7 nitrogen and oxygen atoms in total. The van der Waals surface area contributed by atoms with E-state index in [0.717, 1.165) is 6.42 Å². The maximum atomic E-state index is 12.0. The minimum absolute atomic E-state index is 0.00531. The molecule has 0 saturated carbocycles. The first kappa shape index (κ1) is 15.6. The average Bonchev–Trinajstić information content (AvgIpc) is 2.86. The second-order valence-corrected chi connectivity index (χ2v) is 5.64. The molecule has 8 heteroatoms. The molecule has 1 heterocycles. The lowest BCUT2D eigenvalue weighted by Gasteiger charge is -2.22. The topological polar surface area (TPSA) is 98.7 Å². The molecule has 2 atom stereocenters. The van der Waals surface area contributed by atoms with Gasteiger partial charge in [0, 0.05) is 36.5 Å². The van der Waals surface area contributed by atoms with Gasteiger partial charge in [-0.2, -0.15) is 12.6 Å². The fourth-order valence-electron chi connectivity index (χ4n) is 2.28. The summed E-state index contributed by atoms with van der Waals surface area (Å²) in [4.78, 5) is 23.7. The number of carbonyl (C=O) groups excluding carboxylic acids is 1. The monoisotopic (exact) mass is 311 g/mol. The largest absolute Gasteiger partial charge is 0.445 e. The van der Waals surface area contributed by atoms with E-state index in [9.17, 15) is 14.9 Å². The Morgan fingerprint density at radius 2 is 2.14 bits per heavy atom. The molecule has 1 amide bonds. The van der Waals surface area contributed by atoms with Crippen LogP contribution < -0.4 is 5.73 Å². The van der Waals surface area contributed by atoms with Crippen LogP contribution in [0.3, 0.4) is 0 Å². The molecule has 0 aliphatic carbocycles. The van der Waals surface area contributed by atoms with Crippen molar-refractivity contribution in [2.24, 2.45) is 5.73 Å². The maximum absolute atomic E-state index is 12.0. The number of nitro groups is 1. The number of rotatable bonds is 4. The van der Waals surface area contributed by atoms with Crippen LogP contribution in [-0.2, 0) is 11.3 Å². The van der Waals surface area contributed by atoms with Crippen molar-refractivity contribution in [3.63, 3.8) is 0 Å². The minimum Gasteiger partial charge on any atom is -0.445 e. The molecule has 0 aromatic heterocycles. The number of benzene rings is 1. The summed E-state index contributed by atoms with van der Waals surface area (Å²) in [5, 5.41) is 10.7. The smallest absolute Gasteiger partial charge is 0.410 e. The molecule has 2 rings (SSSR count). The summed E-state index contributed by atoms with van der Waals surface area (Å²) in [6.45, 7) is 0.968. The van der Waals surface area contributed by atoms with Gasteiger partial charge in [0.2, 0.25) is 0 Å². The normalized spacial score (nSPS) is 21.3. The first-order valence-corrected chi connectivity index (χ1v) is 7.07. The molecule has 114 valence electrons. The van der Waals surface area contributed by atoms with Gasteiger partial charge in [-0.1, -0.05) is 0 Å². The van der Waals surface area contributed by atoms with Gasteiger partial charge in [0.05, 0.1) is 4.92 Å². The second-order valence-electron chi connectivity index (χ2n) is 4.91. The third-order valence-corrected chi connectivity index (χ3v) is 3.78. The van der Waals surface area contributed by atoms with Crippen LogP contribution in [0.1, 0.15) is 12.0 Å². The number of nitrogens with zero attached hydrogens (tertiary/aromatic N) is 2. The number of ether oxygens (including phenoxy) is 1. The predicted molar refractivity (Wildman–Crippen MR) is 80.2 cm³/mol. The molecule has 0 spiro atoms. The van der Waals surface area contributed by atoms with E-state index >= 15 is 0 Å². The van der Waals surface area contributed by atoms with Crippen LogP contribution in [0.15, 0.2) is 24.3 Å². The molecule has 0 radical (unpaired) electrons. The van der Waals surface area contributed by atoms with Crippen LogP contribution in [0.2, 0.25) is 0 Å². The van der Waals surface area contributed by atoms with Gasteiger partial charge in [0.1, 0.15) is 6.61 Å². The number of hydrogen-bond donors (Lipinski definition) is 2. The van der Waals surface area contributed by atoms with Crippen LogP contribution in [0.25, 0.3) is 0 Å². The third-order valence-electron chi connectivity index (χ3n) is 3.41. The lowest BCUT2D eigenvalue weighted by atomic mass is 10.2. The zero-order valence-electron chi connectivity index (χ0n) is 11.3. The van der Waals surface area contributed by atoms with E-state index in [-0.39, 0.29) is 23.6 Å². The third kappa shape index (κ3) is 3.85. The maximum Gasteiger partial charge on any atom is 0.410 e. The number of non-ortho nitro benzene ring substituents is 1. The Bertz CT molecular complexity index is 523. The van der Waals surface area contributed by atoms with Gasteiger partial charge < -0.3 is 15.4 Å². The Balaban J connectivity index is 1.90. The summed E-state index contributed by atoms with van der Waals surface area (Å²) in [6, 6.07) is 5.85. The van der Waals surface area contributed by atoms with Crippen LogP contribution in [0, 0.1) is 10.1 Å². The van der Waals surface area contributed by atoms with E-state index in [4.69, 9.17) is 10.5 Å². The lowest BCUT2D eigenvalue weighted by molar-refractivity contribution is -0.384. The summed E-state index contributed by atoms with van der Waals surface area (Å²) in [7, 11) is 0. The average molecular weight is 311 g/mol. The van der Waals surface area contributed by atoms with Gasteiger partial charge in [-0.25, -0.2) is 4.79 Å². The fourth-order valence-corrected chi connectivity index (χ4v) is 2.70. The van der Waals surface area contributed by atoms with Gasteiger partial charge >= 0.3 is 6.09 Å². The number of nitrogens with two attached hydrogens (primary N) is 1. The summed E-state index contributed by atoms with van der Waals surface area (Å²) in [5.41, 5.74) is 6.33. The van der Waals surface area contributed by atoms with Crippen LogP contribution in [0.5, 0.6) is 0 Å². The summed E-state index contributed by atoms with van der Waals surface area (Å²) in [6.07, 6.45) is 0.326. The molecule has 2 N–H and O–H groups in total. The number of hydrogen-bond acceptors (Lipinski definition) is 6. The molecule has 0 bridgehead atoms. The Kier molecular flexibility index (Phi) is 5.03. The van der Waals surface area contributed by atoms with E-state index < -0.39 is 11.0 Å². The summed E-state index contributed by atoms with van der Waals surface area (Å²) in [5.74, 6) is 0. The highest BCUT2D eigenvalue weighted by molar-refractivity contribution is 7.81. The van der Waals surface area contributed by atoms with E-state index in [1.165, 1.54) is 12.1 Å². The molecule has 0 unspecified atom stereocenters. The molecule has 1 aliphatic rings. The van der Waals surface area contributed by atoms with Crippen LogP contribution in [-0.4, -0.2) is 40.3 Å². The summed E-state index contributed by atoms with van der Waals surface area (Å²) >= 11 is 4.36. The number of amides is 1. The van der Waals surface area contributed by atoms with Crippen molar-refractivity contribution >= 4 is 24.4 Å². The van der Waals surface area contributed by atoms with Gasteiger partial charge in [0.25, 0.3) is 5.69 Å². The Morgan fingerprint density at radius 3 is 2.71 bits per heavy atom. The number of nitro benzene ring substituents is 1. The first-order chi connectivity index (χ1) is 10.0. The molecule has 1 fully saturated rings. The fraction of sp³-hybridized carbons (Fsp3) is 0.462. The van der Waals surface area contributed by atoms with E-state index in [2.05, 4.69) is 12.6 Å². The highest BCUT2D eigenvalue weighted by Gasteiger charge is 2.33. The quantitative estimate of drug-likeness (QED) is 0.499. The zero-order valence-corrected chi connectivity index (χ0v) is 12.2. The highest BCUT2D eigenvalue weighted by atomic mass is 32.1. The van der Waals surface area contributed by atoms with Crippen molar-refractivity contribution in [2.75, 3.05) is 13.1 Å². The molecular weight excluding hydrogens is 294 g/mol. The van der Waals surface area contributed by atoms with Crippen LogP contribution in [0.4, 0.5) is 10.5 Å². The SMILES string of the molecule is NC[C@@H]1C[C@H](S)CN1C(=O)OCc1ccc([N+](=O)[O-])cc1. The van der Waals surface area contributed by atoms with E-state index in [1.54, 1.807) is 17.0 Å². The number of thiol groups is 1. The Hall–Kier alpha value is -1.80. The molecule has 1 aromatic rings. The van der Waals surface area contributed by atoms with Crippen molar-refractivity contribution in [1.29, 1.82) is 0 Å². The zero-order chi connectivity index (χ0) is 15.4. The highest BCUT2D eigenvalue weighted by Crippen LogP contribution is 2.22. The Morgan fingerprint density at radius 1 is 1.48 bits per heavy atom. The summed E-state index contributed by atoms with van der Waals surface area (Å²) < 4.78 is 5.22. The molecular formula is C13H17N3O4S. The van der Waals surface area contributed by atoms with Crippen molar-refractivity contribution < 1.29 is 14.5 Å². The minimum atomic E-state index is -0.474. The van der Waals surface area contributed by atoms with E-state index in [0.29, 0.717) is 18.7 Å². The second kappa shape index (κ2) is 6.77. The van der Waals surface area contributed by atoms with Crippen molar-refractivity contribution in [3.05, 3.63) is 39.9 Å². The molecule has 1 saturated heterocycles. The molecule has 21 heavy (non-hydrogen) atoms. The lowest BCUT2D eigenvalue weighted by Crippen LogP contribution is -2.40. The van der Waals surface area contributed by atoms with Crippen molar-refractivity contribution in [2.45, 2.75) is 24.3 Å². The molecule has 1 aromatic carbocycles. The first-order valence-electron chi connectivity index (χ1n) is 6.56. The Labute approximate surface area is 127 Å². The number of carbonyl (C=O) groups is 1. The van der Waals surface area contributed by atoms with Crippen LogP contribution >= 0.6 is 12.6 Å². The van der Waals surface area contributed by atoms with Gasteiger partial charge in [-0.3, -0.25) is 10.1 Å².